The molecule has 1 aromatic rings. The van der Waals surface area contributed by atoms with Crippen LogP contribution in [0.2, 0.25) is 0 Å². The highest BCUT2D eigenvalue weighted by atomic mass is 19.1. The van der Waals surface area contributed by atoms with Crippen LogP contribution in [-0.4, -0.2) is 12.6 Å². The summed E-state index contributed by atoms with van der Waals surface area (Å²) in [5.41, 5.74) is 0.417. The molecule has 1 rings (SSSR count). The smallest absolute Gasteiger partial charge is 0.126 e. The molecule has 1 aromatic carbocycles. The molecule has 0 radical (unpaired) electrons. The first kappa shape index (κ1) is 15.1. The molecule has 0 aliphatic heterocycles. The van der Waals surface area contributed by atoms with Gasteiger partial charge in [0.15, 0.2) is 0 Å². The van der Waals surface area contributed by atoms with Crippen LogP contribution in [0.5, 0.6) is 0 Å². The van der Waals surface area contributed by atoms with E-state index in [1.807, 2.05) is 0 Å². The molecule has 0 saturated heterocycles. The minimum Gasteiger partial charge on any atom is -0.315 e. The molecule has 0 fully saturated rings. The van der Waals surface area contributed by atoms with Gasteiger partial charge < -0.3 is 5.32 Å². The van der Waals surface area contributed by atoms with E-state index in [0.717, 1.165) is 19.0 Å². The van der Waals surface area contributed by atoms with Crippen LogP contribution in [0.1, 0.15) is 39.7 Å². The molecule has 102 valence electrons. The van der Waals surface area contributed by atoms with Crippen LogP contribution in [0.4, 0.5) is 8.78 Å². The first-order chi connectivity index (χ1) is 8.30. The Labute approximate surface area is 109 Å². The summed E-state index contributed by atoms with van der Waals surface area (Å²) in [6.45, 7) is 9.25. The van der Waals surface area contributed by atoms with Gasteiger partial charge in [-0.05, 0) is 48.6 Å². The second-order valence-corrected chi connectivity index (χ2v) is 5.94. The number of hydrogen-bond acceptors (Lipinski definition) is 1. The van der Waals surface area contributed by atoms with Crippen LogP contribution in [-0.2, 0) is 6.42 Å². The molecule has 3 heteroatoms. The zero-order valence-electron chi connectivity index (χ0n) is 11.7. The van der Waals surface area contributed by atoms with E-state index >= 15 is 0 Å². The Morgan fingerprint density at radius 3 is 2.50 bits per heavy atom. The summed E-state index contributed by atoms with van der Waals surface area (Å²) in [6.07, 6.45) is 1.48. The first-order valence-corrected chi connectivity index (χ1v) is 6.47. The van der Waals surface area contributed by atoms with Crippen molar-refractivity contribution in [2.45, 2.75) is 46.6 Å². The van der Waals surface area contributed by atoms with Crippen molar-refractivity contribution in [2.24, 2.45) is 5.41 Å². The Morgan fingerprint density at radius 2 is 1.89 bits per heavy atom. The summed E-state index contributed by atoms with van der Waals surface area (Å²) in [6, 6.07) is 4.11. The van der Waals surface area contributed by atoms with Gasteiger partial charge in [0.1, 0.15) is 11.6 Å². The number of nitrogens with one attached hydrogen (secondary N) is 1. The van der Waals surface area contributed by atoms with Crippen LogP contribution in [0, 0.1) is 17.0 Å². The molecular formula is C15H23F2N. The van der Waals surface area contributed by atoms with Crippen molar-refractivity contribution >= 4 is 0 Å². The summed E-state index contributed by atoms with van der Waals surface area (Å²) in [5, 5.41) is 3.35. The molecule has 0 bridgehead atoms. The minimum atomic E-state index is -0.373. The quantitative estimate of drug-likeness (QED) is 0.812. The SMILES string of the molecule is CC(C)NCCC(C)(C)Cc1cc(F)ccc1F. The monoisotopic (exact) mass is 255 g/mol. The largest absolute Gasteiger partial charge is 0.315 e. The average Bonchev–Trinajstić information content (AvgIpc) is 2.22. The van der Waals surface area contributed by atoms with Crippen molar-refractivity contribution in [3.63, 3.8) is 0 Å². The van der Waals surface area contributed by atoms with Gasteiger partial charge in [-0.25, -0.2) is 8.78 Å². The highest BCUT2D eigenvalue weighted by Gasteiger charge is 2.20. The van der Waals surface area contributed by atoms with Gasteiger partial charge in [-0.1, -0.05) is 27.7 Å². The fraction of sp³-hybridized carbons (Fsp3) is 0.600. The molecule has 0 atom stereocenters. The summed E-state index contributed by atoms with van der Waals surface area (Å²) in [7, 11) is 0. The maximum atomic E-state index is 13.6. The van der Waals surface area contributed by atoms with Crippen LogP contribution in [0.3, 0.4) is 0 Å². The average molecular weight is 255 g/mol. The molecule has 0 aliphatic carbocycles. The summed E-state index contributed by atoms with van der Waals surface area (Å²) < 4.78 is 26.7. The number of benzene rings is 1. The second-order valence-electron chi connectivity index (χ2n) is 5.94. The molecule has 1 N–H and O–H groups in total. The summed E-state index contributed by atoms with van der Waals surface area (Å²) >= 11 is 0. The molecule has 18 heavy (non-hydrogen) atoms. The molecule has 0 saturated carbocycles. The van der Waals surface area contributed by atoms with Crippen molar-refractivity contribution in [3.05, 3.63) is 35.4 Å². The van der Waals surface area contributed by atoms with Crippen LogP contribution in [0.25, 0.3) is 0 Å². The third-order valence-electron chi connectivity index (χ3n) is 3.03. The number of rotatable bonds is 6. The van der Waals surface area contributed by atoms with Gasteiger partial charge in [0.05, 0.1) is 0 Å². The number of hydrogen-bond donors (Lipinski definition) is 1. The highest BCUT2D eigenvalue weighted by molar-refractivity contribution is 5.20. The van der Waals surface area contributed by atoms with E-state index in [1.54, 1.807) is 0 Å². The number of halogens is 2. The third kappa shape index (κ3) is 5.13. The van der Waals surface area contributed by atoms with Crippen molar-refractivity contribution < 1.29 is 8.78 Å². The Morgan fingerprint density at radius 1 is 1.22 bits per heavy atom. The van der Waals surface area contributed by atoms with Crippen LogP contribution >= 0.6 is 0 Å². The molecule has 0 amide bonds. The normalized spacial score (nSPS) is 12.2. The first-order valence-electron chi connectivity index (χ1n) is 6.47. The third-order valence-corrected chi connectivity index (χ3v) is 3.03. The van der Waals surface area contributed by atoms with Gasteiger partial charge in [-0.2, -0.15) is 0 Å². The molecule has 1 nitrogen and oxygen atoms in total. The Kier molecular flexibility index (Phi) is 5.27. The Bertz CT molecular complexity index is 386. The van der Waals surface area contributed by atoms with Gasteiger partial charge >= 0.3 is 0 Å². The maximum absolute atomic E-state index is 13.6. The van der Waals surface area contributed by atoms with E-state index in [0.29, 0.717) is 18.0 Å². The van der Waals surface area contributed by atoms with Gasteiger partial charge in [0, 0.05) is 6.04 Å². The van der Waals surface area contributed by atoms with Crippen LogP contribution in [0.15, 0.2) is 18.2 Å². The molecule has 0 aromatic heterocycles. The lowest BCUT2D eigenvalue weighted by Crippen LogP contribution is -2.28. The van der Waals surface area contributed by atoms with E-state index in [4.69, 9.17) is 0 Å². The lowest BCUT2D eigenvalue weighted by atomic mass is 9.82. The van der Waals surface area contributed by atoms with E-state index in [1.165, 1.54) is 12.1 Å². The zero-order chi connectivity index (χ0) is 13.8. The Balaban J connectivity index is 2.61. The predicted octanol–water partition coefficient (Wildman–Crippen LogP) is 3.92. The summed E-state index contributed by atoms with van der Waals surface area (Å²) in [4.78, 5) is 0. The second kappa shape index (κ2) is 6.28. The fourth-order valence-corrected chi connectivity index (χ4v) is 1.98. The zero-order valence-corrected chi connectivity index (χ0v) is 11.7. The van der Waals surface area contributed by atoms with Gasteiger partial charge in [0.2, 0.25) is 0 Å². The van der Waals surface area contributed by atoms with E-state index in [-0.39, 0.29) is 17.0 Å². The minimum absolute atomic E-state index is 0.0451. The van der Waals surface area contributed by atoms with Crippen molar-refractivity contribution in [1.82, 2.24) is 5.32 Å². The predicted molar refractivity (Wildman–Crippen MR) is 71.6 cm³/mol. The van der Waals surface area contributed by atoms with Crippen molar-refractivity contribution in [3.8, 4) is 0 Å². The molecule has 0 aliphatic rings. The topological polar surface area (TPSA) is 12.0 Å². The molecule has 0 unspecified atom stereocenters. The maximum Gasteiger partial charge on any atom is 0.126 e. The molecule has 0 heterocycles. The van der Waals surface area contributed by atoms with Crippen LogP contribution < -0.4 is 5.32 Å². The van der Waals surface area contributed by atoms with E-state index in [2.05, 4.69) is 33.0 Å². The van der Waals surface area contributed by atoms with E-state index < -0.39 is 0 Å². The van der Waals surface area contributed by atoms with Crippen molar-refractivity contribution in [2.75, 3.05) is 6.54 Å². The van der Waals surface area contributed by atoms with Crippen molar-refractivity contribution in [1.29, 1.82) is 0 Å². The standard InChI is InChI=1S/C15H23F2N/c1-11(2)18-8-7-15(3,4)10-12-9-13(16)5-6-14(12)17/h5-6,9,11,18H,7-8,10H2,1-4H3. The lowest BCUT2D eigenvalue weighted by molar-refractivity contribution is 0.316. The van der Waals surface area contributed by atoms with Gasteiger partial charge in [-0.3, -0.25) is 0 Å². The molecular weight excluding hydrogens is 232 g/mol. The molecule has 0 spiro atoms. The van der Waals surface area contributed by atoms with Gasteiger partial charge in [0.25, 0.3) is 0 Å². The van der Waals surface area contributed by atoms with Gasteiger partial charge in [-0.15, -0.1) is 0 Å². The highest BCUT2D eigenvalue weighted by Crippen LogP contribution is 2.27. The fourth-order valence-electron chi connectivity index (χ4n) is 1.98. The van der Waals surface area contributed by atoms with E-state index in [9.17, 15) is 8.78 Å². The lowest BCUT2D eigenvalue weighted by Gasteiger charge is -2.25. The Hall–Kier alpha value is -0.960. The summed E-state index contributed by atoms with van der Waals surface area (Å²) in [5.74, 6) is -0.691.